The first-order valence-electron chi connectivity index (χ1n) is 12.1. The number of rotatable bonds is 10. The average molecular weight is 484 g/mol. The Morgan fingerprint density at radius 3 is 2.14 bits per heavy atom. The van der Waals surface area contributed by atoms with Gasteiger partial charge < -0.3 is 14.6 Å². The summed E-state index contributed by atoms with van der Waals surface area (Å²) in [4.78, 5) is 25.3. The molecule has 0 radical (unpaired) electrons. The number of hydrogen-bond donors (Lipinski definition) is 1. The third-order valence-corrected chi connectivity index (χ3v) is 6.09. The maximum Gasteiger partial charge on any atom is 0.349 e. The number of nitriles is 1. The number of nitrogens with one attached hydrogen (secondary N) is 1. The Labute approximate surface area is 213 Å². The maximum atomic E-state index is 12.7. The van der Waals surface area contributed by atoms with E-state index in [0.29, 0.717) is 5.92 Å². The first kappa shape index (κ1) is 26.5. The van der Waals surface area contributed by atoms with Crippen LogP contribution in [0.3, 0.4) is 0 Å². The second-order valence-corrected chi connectivity index (χ2v) is 9.23. The Morgan fingerprint density at radius 2 is 1.61 bits per heavy atom. The summed E-state index contributed by atoms with van der Waals surface area (Å²) in [5, 5.41) is 12.5. The summed E-state index contributed by atoms with van der Waals surface area (Å²) < 4.78 is 7.40. The molecule has 0 aliphatic heterocycles. The summed E-state index contributed by atoms with van der Waals surface area (Å²) in [5.41, 5.74) is 4.52. The van der Waals surface area contributed by atoms with Crippen molar-refractivity contribution < 1.29 is 14.3 Å². The number of esters is 1. The second-order valence-electron chi connectivity index (χ2n) is 9.23. The molecule has 2 aromatic carbocycles. The minimum Gasteiger partial charge on any atom is -0.451 e. The molecule has 3 rings (SSSR count). The molecule has 186 valence electrons. The highest BCUT2D eigenvalue weighted by Crippen LogP contribution is 2.22. The molecule has 0 atom stereocenters. The fourth-order valence-corrected chi connectivity index (χ4v) is 4.06. The van der Waals surface area contributed by atoms with Gasteiger partial charge in [-0.25, -0.2) is 4.79 Å². The van der Waals surface area contributed by atoms with E-state index < -0.39 is 18.5 Å². The lowest BCUT2D eigenvalue weighted by Crippen LogP contribution is -2.33. The molecule has 1 aromatic heterocycles. The number of benzene rings is 2. The van der Waals surface area contributed by atoms with Crippen LogP contribution >= 0.6 is 0 Å². The van der Waals surface area contributed by atoms with Crippen molar-refractivity contribution >= 4 is 18.0 Å². The highest BCUT2D eigenvalue weighted by atomic mass is 16.5. The summed E-state index contributed by atoms with van der Waals surface area (Å²) in [6, 6.07) is 22.6. The van der Waals surface area contributed by atoms with Crippen molar-refractivity contribution in [3.05, 3.63) is 100 Å². The molecule has 0 saturated heterocycles. The zero-order chi connectivity index (χ0) is 26.1. The summed E-state index contributed by atoms with van der Waals surface area (Å²) >= 11 is 0. The molecule has 1 heterocycles. The van der Waals surface area contributed by atoms with Gasteiger partial charge in [-0.3, -0.25) is 4.79 Å². The smallest absolute Gasteiger partial charge is 0.349 e. The van der Waals surface area contributed by atoms with E-state index >= 15 is 0 Å². The highest BCUT2D eigenvalue weighted by Gasteiger charge is 2.19. The highest BCUT2D eigenvalue weighted by molar-refractivity contribution is 5.99. The second kappa shape index (κ2) is 12.6. The first-order valence-corrected chi connectivity index (χ1v) is 12.1. The number of nitrogens with zero attached hydrogens (tertiary/aromatic N) is 2. The van der Waals surface area contributed by atoms with Crippen molar-refractivity contribution in [2.24, 2.45) is 5.92 Å². The third-order valence-electron chi connectivity index (χ3n) is 6.09. The molecular weight excluding hydrogens is 450 g/mol. The summed E-state index contributed by atoms with van der Waals surface area (Å²) in [6.07, 6.45) is 2.57. The Kier molecular flexibility index (Phi) is 9.24. The van der Waals surface area contributed by atoms with Crippen LogP contribution in [0, 0.1) is 31.1 Å². The van der Waals surface area contributed by atoms with E-state index in [4.69, 9.17) is 4.74 Å². The van der Waals surface area contributed by atoms with E-state index in [1.165, 1.54) is 6.08 Å². The number of hydrogen-bond acceptors (Lipinski definition) is 4. The molecule has 36 heavy (non-hydrogen) atoms. The molecule has 0 fully saturated rings. The summed E-state index contributed by atoms with van der Waals surface area (Å²) in [7, 11) is 0. The normalized spacial score (nSPS) is 11.4. The Morgan fingerprint density at radius 1 is 1.03 bits per heavy atom. The van der Waals surface area contributed by atoms with Crippen LogP contribution in [0.1, 0.15) is 54.4 Å². The number of aryl methyl sites for hydroxylation is 1. The van der Waals surface area contributed by atoms with Gasteiger partial charge >= 0.3 is 5.97 Å². The molecule has 3 aromatic rings. The molecule has 0 spiro atoms. The van der Waals surface area contributed by atoms with Gasteiger partial charge in [0.1, 0.15) is 11.6 Å². The lowest BCUT2D eigenvalue weighted by Gasteiger charge is -2.19. The predicted octanol–water partition coefficient (Wildman–Crippen LogP) is 5.51. The van der Waals surface area contributed by atoms with Gasteiger partial charge in [0, 0.05) is 17.9 Å². The van der Waals surface area contributed by atoms with Crippen LogP contribution < -0.4 is 5.32 Å². The Hall–Kier alpha value is -4.11. The maximum absolute atomic E-state index is 12.7. The van der Waals surface area contributed by atoms with E-state index in [-0.39, 0.29) is 11.6 Å². The van der Waals surface area contributed by atoms with Crippen LogP contribution in [0.25, 0.3) is 6.08 Å². The van der Waals surface area contributed by atoms with Crippen LogP contribution in [0.15, 0.2) is 72.3 Å². The van der Waals surface area contributed by atoms with Crippen LogP contribution in [0.4, 0.5) is 0 Å². The van der Waals surface area contributed by atoms with Gasteiger partial charge in [0.25, 0.3) is 5.91 Å². The summed E-state index contributed by atoms with van der Waals surface area (Å²) in [6.45, 7) is 8.73. The number of carbonyl (C=O) groups is 2. The van der Waals surface area contributed by atoms with Crippen LogP contribution in [-0.4, -0.2) is 23.1 Å². The van der Waals surface area contributed by atoms with Crippen molar-refractivity contribution in [3.8, 4) is 6.07 Å². The zero-order valence-electron chi connectivity index (χ0n) is 21.3. The van der Waals surface area contributed by atoms with Gasteiger partial charge in [0.2, 0.25) is 0 Å². The number of ether oxygens (including phenoxy) is 1. The lowest BCUT2D eigenvalue weighted by atomic mass is 9.99. The molecule has 0 aliphatic carbocycles. The molecule has 0 saturated carbocycles. The quantitative estimate of drug-likeness (QED) is 0.234. The van der Waals surface area contributed by atoms with Gasteiger partial charge in [0.15, 0.2) is 6.61 Å². The SMILES string of the molecule is Cc1cc(C=C(C#N)C(=O)OCC(=O)NC(c2ccccc2)c2ccccc2)c(C)n1CCC(C)C. The van der Waals surface area contributed by atoms with Gasteiger partial charge in [0.05, 0.1) is 6.04 Å². The topological polar surface area (TPSA) is 84.1 Å². The molecule has 0 aliphatic rings. The number of amides is 1. The molecule has 6 nitrogen and oxygen atoms in total. The average Bonchev–Trinajstić information content (AvgIpc) is 3.15. The van der Waals surface area contributed by atoms with Crippen LogP contribution in [0.5, 0.6) is 0 Å². The van der Waals surface area contributed by atoms with Gasteiger partial charge in [-0.05, 0) is 55.0 Å². The fraction of sp³-hybridized carbons (Fsp3) is 0.300. The predicted molar refractivity (Wildman–Crippen MR) is 141 cm³/mol. The first-order chi connectivity index (χ1) is 17.3. The standard InChI is InChI=1S/C30H33N3O3/c1-21(2)15-16-33-22(3)17-26(23(33)4)18-27(19-31)30(35)36-20-28(34)32-29(24-11-7-5-8-12-24)25-13-9-6-10-14-25/h5-14,17-18,21,29H,15-16,20H2,1-4H3,(H,32,34). The fourth-order valence-electron chi connectivity index (χ4n) is 4.06. The van der Waals surface area contributed by atoms with Crippen molar-refractivity contribution in [3.63, 3.8) is 0 Å². The minimum atomic E-state index is -0.824. The van der Waals surface area contributed by atoms with Crippen LogP contribution in [-0.2, 0) is 20.9 Å². The van der Waals surface area contributed by atoms with Gasteiger partial charge in [-0.15, -0.1) is 0 Å². The molecular formula is C30H33N3O3. The van der Waals surface area contributed by atoms with E-state index in [2.05, 4.69) is 23.7 Å². The van der Waals surface area contributed by atoms with E-state index in [9.17, 15) is 14.9 Å². The van der Waals surface area contributed by atoms with Gasteiger partial charge in [-0.2, -0.15) is 5.26 Å². The Balaban J connectivity index is 1.68. The minimum absolute atomic E-state index is 0.144. The van der Waals surface area contributed by atoms with Crippen molar-refractivity contribution in [2.45, 2.75) is 46.7 Å². The third kappa shape index (κ3) is 6.96. The lowest BCUT2D eigenvalue weighted by molar-refractivity contribution is -0.144. The largest absolute Gasteiger partial charge is 0.451 e. The van der Waals surface area contributed by atoms with E-state index in [1.807, 2.05) is 86.6 Å². The van der Waals surface area contributed by atoms with Crippen LogP contribution in [0.2, 0.25) is 0 Å². The number of aromatic nitrogens is 1. The van der Waals surface area contributed by atoms with E-state index in [0.717, 1.165) is 41.0 Å². The molecule has 6 heteroatoms. The Bertz CT molecular complexity index is 1210. The van der Waals surface area contributed by atoms with E-state index in [1.54, 1.807) is 0 Å². The molecule has 1 N–H and O–H groups in total. The van der Waals surface area contributed by atoms with Crippen molar-refractivity contribution in [2.75, 3.05) is 6.61 Å². The molecule has 1 amide bonds. The summed E-state index contributed by atoms with van der Waals surface area (Å²) in [5.74, 6) is -0.704. The zero-order valence-corrected chi connectivity index (χ0v) is 21.3. The molecule has 0 bridgehead atoms. The van der Waals surface area contributed by atoms with Crippen molar-refractivity contribution in [1.82, 2.24) is 9.88 Å². The van der Waals surface area contributed by atoms with Gasteiger partial charge in [-0.1, -0.05) is 74.5 Å². The monoisotopic (exact) mass is 483 g/mol. The molecule has 0 unspecified atom stereocenters. The number of carbonyl (C=O) groups excluding carboxylic acids is 2. The van der Waals surface area contributed by atoms with Crippen molar-refractivity contribution in [1.29, 1.82) is 5.26 Å².